The number of thiazole rings is 1. The Morgan fingerprint density at radius 2 is 2.06 bits per heavy atom. The molecule has 1 aromatic heterocycles. The summed E-state index contributed by atoms with van der Waals surface area (Å²) in [7, 11) is 0. The molecule has 2 aromatic rings. The van der Waals surface area contributed by atoms with Crippen LogP contribution in [0.2, 0.25) is 0 Å². The molecule has 0 fully saturated rings. The van der Waals surface area contributed by atoms with Gasteiger partial charge in [0, 0.05) is 16.9 Å². The minimum Gasteiger partial charge on any atom is -0.322 e. The first-order valence-corrected chi connectivity index (χ1v) is 6.82. The lowest BCUT2D eigenvalue weighted by Crippen LogP contribution is -2.16. The van der Waals surface area contributed by atoms with Crippen LogP contribution in [-0.2, 0) is 6.42 Å². The zero-order chi connectivity index (χ0) is 12.0. The van der Waals surface area contributed by atoms with E-state index in [1.54, 1.807) is 11.3 Å². The van der Waals surface area contributed by atoms with Crippen molar-refractivity contribution in [2.24, 2.45) is 11.7 Å². The highest BCUT2D eigenvalue weighted by Crippen LogP contribution is 2.40. The molecular formula is C14H16N2S. The standard InChI is InChI=1S/C14H16N2S/c1-8(2)12(15)14-16-13-10-6-4-3-5-9(10)7-11(13)17-14/h3-6,8,12H,7,15H2,1-2H3. The smallest absolute Gasteiger partial charge is 0.111 e. The SMILES string of the molecule is CC(C)C(N)c1nc2c(s1)Cc1ccccc1-2. The first-order valence-electron chi connectivity index (χ1n) is 6.00. The molecule has 2 N–H and O–H groups in total. The second-order valence-electron chi connectivity index (χ2n) is 4.93. The summed E-state index contributed by atoms with van der Waals surface area (Å²) in [4.78, 5) is 6.12. The predicted molar refractivity (Wildman–Crippen MR) is 72.1 cm³/mol. The van der Waals surface area contributed by atoms with E-state index in [-0.39, 0.29) is 6.04 Å². The van der Waals surface area contributed by atoms with Gasteiger partial charge in [-0.05, 0) is 11.5 Å². The van der Waals surface area contributed by atoms with Gasteiger partial charge >= 0.3 is 0 Å². The van der Waals surface area contributed by atoms with Crippen LogP contribution in [0.1, 0.15) is 35.3 Å². The van der Waals surface area contributed by atoms with Gasteiger partial charge in [0.1, 0.15) is 5.01 Å². The lowest BCUT2D eigenvalue weighted by molar-refractivity contribution is 0.512. The lowest BCUT2D eigenvalue weighted by atomic mass is 10.1. The molecule has 0 aliphatic heterocycles. The number of nitrogens with zero attached hydrogens (tertiary/aromatic N) is 1. The highest BCUT2D eigenvalue weighted by Gasteiger charge is 2.25. The van der Waals surface area contributed by atoms with Gasteiger partial charge in [-0.15, -0.1) is 11.3 Å². The minimum atomic E-state index is 0.0674. The fourth-order valence-electron chi connectivity index (χ4n) is 2.21. The predicted octanol–water partition coefficient (Wildman–Crippen LogP) is 3.37. The third kappa shape index (κ3) is 1.70. The van der Waals surface area contributed by atoms with Gasteiger partial charge in [0.2, 0.25) is 0 Å². The Labute approximate surface area is 106 Å². The topological polar surface area (TPSA) is 38.9 Å². The average Bonchev–Trinajstić information content (AvgIpc) is 2.84. The summed E-state index contributed by atoms with van der Waals surface area (Å²) in [6, 6.07) is 8.58. The molecule has 1 heterocycles. The Morgan fingerprint density at radius 3 is 2.82 bits per heavy atom. The number of fused-ring (bicyclic) bond motifs is 3. The van der Waals surface area contributed by atoms with E-state index in [0.29, 0.717) is 5.92 Å². The van der Waals surface area contributed by atoms with E-state index >= 15 is 0 Å². The van der Waals surface area contributed by atoms with Crippen molar-refractivity contribution in [1.29, 1.82) is 0 Å². The van der Waals surface area contributed by atoms with Crippen LogP contribution in [0.15, 0.2) is 24.3 Å². The van der Waals surface area contributed by atoms with Crippen LogP contribution < -0.4 is 5.73 Å². The maximum atomic E-state index is 6.17. The molecule has 0 saturated heterocycles. The molecule has 1 unspecified atom stereocenters. The average molecular weight is 244 g/mol. The molecule has 0 amide bonds. The Bertz CT molecular complexity index is 557. The number of hydrogen-bond acceptors (Lipinski definition) is 3. The van der Waals surface area contributed by atoms with Gasteiger partial charge in [-0.3, -0.25) is 0 Å². The monoisotopic (exact) mass is 244 g/mol. The summed E-state index contributed by atoms with van der Waals surface area (Å²) in [5, 5.41) is 1.08. The van der Waals surface area contributed by atoms with Crippen LogP contribution in [-0.4, -0.2) is 4.98 Å². The van der Waals surface area contributed by atoms with E-state index in [1.807, 2.05) is 0 Å². The van der Waals surface area contributed by atoms with Crippen molar-refractivity contribution in [3.05, 3.63) is 39.7 Å². The van der Waals surface area contributed by atoms with Gasteiger partial charge in [0.25, 0.3) is 0 Å². The summed E-state index contributed by atoms with van der Waals surface area (Å²) in [6.45, 7) is 4.29. The van der Waals surface area contributed by atoms with Crippen molar-refractivity contribution in [3.8, 4) is 11.3 Å². The van der Waals surface area contributed by atoms with Crippen molar-refractivity contribution in [2.75, 3.05) is 0 Å². The summed E-state index contributed by atoms with van der Waals surface area (Å²) in [5.41, 5.74) is 10.0. The largest absolute Gasteiger partial charge is 0.322 e. The first kappa shape index (κ1) is 10.9. The van der Waals surface area contributed by atoms with Crippen molar-refractivity contribution in [3.63, 3.8) is 0 Å². The van der Waals surface area contributed by atoms with Gasteiger partial charge in [0.15, 0.2) is 0 Å². The van der Waals surface area contributed by atoms with Crippen LogP contribution in [0.3, 0.4) is 0 Å². The summed E-state index contributed by atoms with van der Waals surface area (Å²) in [5.74, 6) is 0.441. The molecule has 0 saturated carbocycles. The molecule has 0 radical (unpaired) electrons. The highest BCUT2D eigenvalue weighted by molar-refractivity contribution is 7.12. The van der Waals surface area contributed by atoms with E-state index in [9.17, 15) is 0 Å². The van der Waals surface area contributed by atoms with Crippen molar-refractivity contribution in [1.82, 2.24) is 4.98 Å². The molecule has 1 atom stereocenters. The molecule has 1 aromatic carbocycles. The number of aromatic nitrogens is 1. The summed E-state index contributed by atoms with van der Waals surface area (Å²) in [6.07, 6.45) is 1.02. The molecule has 17 heavy (non-hydrogen) atoms. The zero-order valence-electron chi connectivity index (χ0n) is 10.1. The zero-order valence-corrected chi connectivity index (χ0v) is 10.9. The second-order valence-corrected chi connectivity index (χ2v) is 6.04. The van der Waals surface area contributed by atoms with Gasteiger partial charge in [-0.25, -0.2) is 4.98 Å². The lowest BCUT2D eigenvalue weighted by Gasteiger charge is -2.12. The van der Waals surface area contributed by atoms with Crippen LogP contribution in [0.4, 0.5) is 0 Å². The van der Waals surface area contributed by atoms with Crippen LogP contribution in [0, 0.1) is 5.92 Å². The third-order valence-corrected chi connectivity index (χ3v) is 4.50. The molecule has 1 aliphatic rings. The van der Waals surface area contributed by atoms with E-state index in [1.165, 1.54) is 16.0 Å². The summed E-state index contributed by atoms with van der Waals surface area (Å²) >= 11 is 1.78. The summed E-state index contributed by atoms with van der Waals surface area (Å²) < 4.78 is 0. The van der Waals surface area contributed by atoms with Crippen molar-refractivity contribution >= 4 is 11.3 Å². The highest BCUT2D eigenvalue weighted by atomic mass is 32.1. The maximum absolute atomic E-state index is 6.17. The first-order chi connectivity index (χ1) is 8.16. The third-order valence-electron chi connectivity index (χ3n) is 3.34. The Morgan fingerprint density at radius 1 is 1.29 bits per heavy atom. The fourth-order valence-corrected chi connectivity index (χ4v) is 3.48. The van der Waals surface area contributed by atoms with E-state index < -0.39 is 0 Å². The number of nitrogens with two attached hydrogens (primary N) is 1. The van der Waals surface area contributed by atoms with E-state index in [4.69, 9.17) is 10.7 Å². The quantitative estimate of drug-likeness (QED) is 0.750. The molecule has 3 rings (SSSR count). The maximum Gasteiger partial charge on any atom is 0.111 e. The molecule has 3 heteroatoms. The van der Waals surface area contributed by atoms with Crippen molar-refractivity contribution < 1.29 is 0 Å². The van der Waals surface area contributed by atoms with Gasteiger partial charge in [-0.1, -0.05) is 38.1 Å². The molecular weight excluding hydrogens is 228 g/mol. The van der Waals surface area contributed by atoms with E-state index in [0.717, 1.165) is 17.1 Å². The van der Waals surface area contributed by atoms with Crippen molar-refractivity contribution in [2.45, 2.75) is 26.3 Å². The number of benzene rings is 1. The van der Waals surface area contributed by atoms with Gasteiger partial charge in [-0.2, -0.15) is 0 Å². The second kappa shape index (κ2) is 3.93. The minimum absolute atomic E-state index is 0.0674. The van der Waals surface area contributed by atoms with Crippen LogP contribution in [0.25, 0.3) is 11.3 Å². The fraction of sp³-hybridized carbons (Fsp3) is 0.357. The Kier molecular flexibility index (Phi) is 2.53. The molecule has 2 nitrogen and oxygen atoms in total. The van der Waals surface area contributed by atoms with Crippen LogP contribution >= 0.6 is 11.3 Å². The molecule has 88 valence electrons. The van der Waals surface area contributed by atoms with E-state index in [2.05, 4.69) is 38.1 Å². The van der Waals surface area contributed by atoms with Crippen LogP contribution in [0.5, 0.6) is 0 Å². The molecule has 0 spiro atoms. The number of rotatable bonds is 2. The molecule has 0 bridgehead atoms. The Balaban J connectivity index is 2.04. The van der Waals surface area contributed by atoms with Gasteiger partial charge < -0.3 is 5.73 Å². The Hall–Kier alpha value is -1.19. The molecule has 1 aliphatic carbocycles. The van der Waals surface area contributed by atoms with Gasteiger partial charge in [0.05, 0.1) is 11.7 Å². The normalized spacial score (nSPS) is 14.8. The number of hydrogen-bond donors (Lipinski definition) is 1.